The number of rotatable bonds is 6. The largest absolute Gasteiger partial charge is 0.493 e. The Morgan fingerprint density at radius 3 is 2.70 bits per heavy atom. The molecule has 0 aliphatic heterocycles. The molecule has 0 unspecified atom stereocenters. The van der Waals surface area contributed by atoms with Gasteiger partial charge in [0.2, 0.25) is 0 Å². The van der Waals surface area contributed by atoms with E-state index in [0.717, 1.165) is 5.56 Å². The molecule has 0 radical (unpaired) electrons. The van der Waals surface area contributed by atoms with Crippen LogP contribution in [-0.4, -0.2) is 19.6 Å². The van der Waals surface area contributed by atoms with E-state index < -0.39 is 11.7 Å². The fraction of sp³-hybridized carbons (Fsp3) is 0.235. The summed E-state index contributed by atoms with van der Waals surface area (Å²) in [5.41, 5.74) is 0.641. The Hall–Kier alpha value is -2.27. The first kappa shape index (κ1) is 17.1. The quantitative estimate of drug-likeness (QED) is 0.871. The molecule has 4 nitrogen and oxygen atoms in total. The van der Waals surface area contributed by atoms with Crippen LogP contribution in [0, 0.1) is 5.82 Å². The summed E-state index contributed by atoms with van der Waals surface area (Å²) in [6, 6.07) is 9.44. The van der Waals surface area contributed by atoms with Gasteiger partial charge in [0, 0.05) is 6.54 Å². The van der Waals surface area contributed by atoms with E-state index in [-0.39, 0.29) is 17.1 Å². The molecule has 6 heteroatoms. The highest BCUT2D eigenvalue weighted by molar-refractivity contribution is 6.33. The number of benzene rings is 2. The van der Waals surface area contributed by atoms with Gasteiger partial charge in [-0.2, -0.15) is 0 Å². The molecule has 122 valence electrons. The summed E-state index contributed by atoms with van der Waals surface area (Å²) in [5, 5.41) is 2.72. The maximum atomic E-state index is 13.7. The zero-order valence-corrected chi connectivity index (χ0v) is 13.6. The van der Waals surface area contributed by atoms with Gasteiger partial charge in [0.15, 0.2) is 11.5 Å². The Morgan fingerprint density at radius 2 is 2.04 bits per heavy atom. The lowest BCUT2D eigenvalue weighted by Gasteiger charge is -2.12. The molecule has 0 aromatic heterocycles. The van der Waals surface area contributed by atoms with E-state index in [1.165, 1.54) is 18.2 Å². The number of carbonyl (C=O) groups is 1. The smallest absolute Gasteiger partial charge is 0.256 e. The van der Waals surface area contributed by atoms with Crippen LogP contribution in [0.3, 0.4) is 0 Å². The highest BCUT2D eigenvalue weighted by atomic mass is 35.5. The number of hydrogen-bond acceptors (Lipinski definition) is 3. The molecule has 0 saturated heterocycles. The van der Waals surface area contributed by atoms with Gasteiger partial charge < -0.3 is 14.8 Å². The van der Waals surface area contributed by atoms with Gasteiger partial charge in [0.1, 0.15) is 5.82 Å². The Balaban J connectivity index is 2.11. The SMILES string of the molecule is CCOc1cc(CNC(=O)c2c(F)cccc2Cl)ccc1OC. The molecule has 0 aliphatic rings. The predicted molar refractivity (Wildman–Crippen MR) is 86.7 cm³/mol. The first-order valence-electron chi connectivity index (χ1n) is 7.08. The van der Waals surface area contributed by atoms with Crippen molar-refractivity contribution in [1.82, 2.24) is 5.32 Å². The van der Waals surface area contributed by atoms with Crippen molar-refractivity contribution in [2.24, 2.45) is 0 Å². The summed E-state index contributed by atoms with van der Waals surface area (Å²) < 4.78 is 24.4. The predicted octanol–water partition coefficient (Wildman–Crippen LogP) is 3.82. The summed E-state index contributed by atoms with van der Waals surface area (Å²) in [6.45, 7) is 2.58. The van der Waals surface area contributed by atoms with E-state index in [9.17, 15) is 9.18 Å². The molecule has 0 fully saturated rings. The molecule has 0 heterocycles. The van der Waals surface area contributed by atoms with Crippen LogP contribution in [0.4, 0.5) is 4.39 Å². The number of ether oxygens (including phenoxy) is 2. The lowest BCUT2D eigenvalue weighted by atomic mass is 10.1. The number of halogens is 2. The lowest BCUT2D eigenvalue weighted by molar-refractivity contribution is 0.0947. The molecule has 0 bridgehead atoms. The molecule has 2 aromatic rings. The van der Waals surface area contributed by atoms with Gasteiger partial charge in [-0.25, -0.2) is 4.39 Å². The molecule has 1 N–H and O–H groups in total. The van der Waals surface area contributed by atoms with Crippen LogP contribution in [0.15, 0.2) is 36.4 Å². The number of carbonyl (C=O) groups excluding carboxylic acids is 1. The number of hydrogen-bond donors (Lipinski definition) is 1. The molecule has 2 rings (SSSR count). The van der Waals surface area contributed by atoms with Crippen molar-refractivity contribution in [2.75, 3.05) is 13.7 Å². The van der Waals surface area contributed by atoms with E-state index in [1.54, 1.807) is 25.3 Å². The van der Waals surface area contributed by atoms with Crippen LogP contribution < -0.4 is 14.8 Å². The fourth-order valence-electron chi connectivity index (χ4n) is 2.08. The van der Waals surface area contributed by atoms with Crippen molar-refractivity contribution >= 4 is 17.5 Å². The minimum Gasteiger partial charge on any atom is -0.493 e. The number of amides is 1. The zero-order valence-electron chi connectivity index (χ0n) is 12.9. The molecule has 2 aromatic carbocycles. The summed E-state index contributed by atoms with van der Waals surface area (Å²) in [6.07, 6.45) is 0. The van der Waals surface area contributed by atoms with E-state index in [0.29, 0.717) is 18.1 Å². The standard InChI is InChI=1S/C17H17ClFNO3/c1-3-23-15-9-11(7-8-14(15)22-2)10-20-17(21)16-12(18)5-4-6-13(16)19/h4-9H,3,10H2,1-2H3,(H,20,21). The van der Waals surface area contributed by atoms with Gasteiger partial charge in [-0.15, -0.1) is 0 Å². The Kier molecular flexibility index (Phi) is 5.82. The molecule has 1 amide bonds. The van der Waals surface area contributed by atoms with Crippen LogP contribution in [-0.2, 0) is 6.54 Å². The number of nitrogens with one attached hydrogen (secondary N) is 1. The van der Waals surface area contributed by atoms with Crippen molar-refractivity contribution in [2.45, 2.75) is 13.5 Å². The Morgan fingerprint density at radius 1 is 1.26 bits per heavy atom. The molecular formula is C17H17ClFNO3. The molecule has 0 spiro atoms. The van der Waals surface area contributed by atoms with Gasteiger partial charge in [-0.1, -0.05) is 23.7 Å². The van der Waals surface area contributed by atoms with Gasteiger partial charge in [0.25, 0.3) is 5.91 Å². The normalized spacial score (nSPS) is 10.3. The third-order valence-corrected chi connectivity index (χ3v) is 3.49. The minimum absolute atomic E-state index is 0.0761. The van der Waals surface area contributed by atoms with Crippen LogP contribution in [0.1, 0.15) is 22.8 Å². The van der Waals surface area contributed by atoms with Crippen LogP contribution in [0.25, 0.3) is 0 Å². The minimum atomic E-state index is -0.653. The van der Waals surface area contributed by atoms with Gasteiger partial charge in [0.05, 0.1) is 24.3 Å². The van der Waals surface area contributed by atoms with Crippen LogP contribution in [0.2, 0.25) is 5.02 Å². The first-order chi connectivity index (χ1) is 11.1. The summed E-state index contributed by atoms with van der Waals surface area (Å²) in [4.78, 5) is 12.1. The third-order valence-electron chi connectivity index (χ3n) is 3.17. The average Bonchev–Trinajstić information content (AvgIpc) is 2.53. The molecular weight excluding hydrogens is 321 g/mol. The third kappa shape index (κ3) is 4.13. The van der Waals surface area contributed by atoms with E-state index >= 15 is 0 Å². The van der Waals surface area contributed by atoms with Crippen molar-refractivity contribution in [1.29, 1.82) is 0 Å². The zero-order chi connectivity index (χ0) is 16.8. The van der Waals surface area contributed by atoms with Crippen molar-refractivity contribution < 1.29 is 18.7 Å². The molecule has 0 atom stereocenters. The van der Waals surface area contributed by atoms with E-state index in [2.05, 4.69) is 5.32 Å². The van der Waals surface area contributed by atoms with E-state index in [4.69, 9.17) is 21.1 Å². The molecule has 0 aliphatic carbocycles. The highest BCUT2D eigenvalue weighted by Crippen LogP contribution is 2.28. The van der Waals surface area contributed by atoms with E-state index in [1.807, 2.05) is 6.92 Å². The monoisotopic (exact) mass is 337 g/mol. The maximum Gasteiger partial charge on any atom is 0.256 e. The second-order valence-electron chi connectivity index (χ2n) is 4.70. The highest BCUT2D eigenvalue weighted by Gasteiger charge is 2.15. The first-order valence-corrected chi connectivity index (χ1v) is 7.46. The van der Waals surface area contributed by atoms with Gasteiger partial charge in [-0.3, -0.25) is 4.79 Å². The second-order valence-corrected chi connectivity index (χ2v) is 5.10. The van der Waals surface area contributed by atoms with Crippen molar-refractivity contribution in [3.8, 4) is 11.5 Å². The fourth-order valence-corrected chi connectivity index (χ4v) is 2.33. The molecule has 23 heavy (non-hydrogen) atoms. The van der Waals surface area contributed by atoms with Crippen molar-refractivity contribution in [3.63, 3.8) is 0 Å². The Bertz CT molecular complexity index is 686. The Labute approximate surface area is 139 Å². The van der Waals surface area contributed by atoms with Gasteiger partial charge in [-0.05, 0) is 36.8 Å². The summed E-state index contributed by atoms with van der Waals surface area (Å²) >= 11 is 5.87. The molecule has 0 saturated carbocycles. The average molecular weight is 338 g/mol. The lowest BCUT2D eigenvalue weighted by Crippen LogP contribution is -2.24. The van der Waals surface area contributed by atoms with Gasteiger partial charge >= 0.3 is 0 Å². The topological polar surface area (TPSA) is 47.6 Å². The maximum absolute atomic E-state index is 13.7. The summed E-state index contributed by atoms with van der Waals surface area (Å²) in [7, 11) is 1.56. The number of methoxy groups -OCH3 is 1. The van der Waals surface area contributed by atoms with Crippen LogP contribution >= 0.6 is 11.6 Å². The second kappa shape index (κ2) is 7.83. The van der Waals surface area contributed by atoms with Crippen molar-refractivity contribution in [3.05, 3.63) is 58.4 Å². The van der Waals surface area contributed by atoms with Crippen LogP contribution in [0.5, 0.6) is 11.5 Å². The summed E-state index contributed by atoms with van der Waals surface area (Å²) in [5.74, 6) is -0.0219.